The van der Waals surface area contributed by atoms with Gasteiger partial charge in [-0.1, -0.05) is 6.07 Å². The third-order valence-electron chi connectivity index (χ3n) is 3.45. The van der Waals surface area contributed by atoms with Crippen LogP contribution in [0.2, 0.25) is 0 Å². The van der Waals surface area contributed by atoms with Crippen molar-refractivity contribution in [3.8, 4) is 0 Å². The van der Waals surface area contributed by atoms with E-state index < -0.39 is 0 Å². The Morgan fingerprint density at radius 3 is 2.76 bits per heavy atom. The standard InChI is InChI=1S/C13H17N3O/c1-9-3-4-11-12(10(9)2)17-13(15-11)16-7-5-14-6-8-16/h3-4,14H,5-8H2,1-2H3. The van der Waals surface area contributed by atoms with E-state index in [1.807, 2.05) is 6.07 Å². The van der Waals surface area contributed by atoms with E-state index in [9.17, 15) is 0 Å². The Balaban J connectivity index is 2.04. The van der Waals surface area contributed by atoms with Crippen molar-refractivity contribution in [3.63, 3.8) is 0 Å². The van der Waals surface area contributed by atoms with Gasteiger partial charge in [0.25, 0.3) is 6.01 Å². The number of piperazine rings is 1. The second-order valence-electron chi connectivity index (χ2n) is 4.59. The first-order valence-electron chi connectivity index (χ1n) is 6.08. The number of fused-ring (bicyclic) bond motifs is 1. The van der Waals surface area contributed by atoms with Crippen molar-refractivity contribution in [1.82, 2.24) is 10.3 Å². The van der Waals surface area contributed by atoms with Crippen LogP contribution in [0.4, 0.5) is 6.01 Å². The number of oxazole rings is 1. The molecular formula is C13H17N3O. The number of nitrogens with one attached hydrogen (secondary N) is 1. The first-order valence-corrected chi connectivity index (χ1v) is 6.08. The maximum absolute atomic E-state index is 5.91. The van der Waals surface area contributed by atoms with Gasteiger partial charge in [0.1, 0.15) is 5.52 Å². The van der Waals surface area contributed by atoms with Crippen molar-refractivity contribution < 1.29 is 4.42 Å². The Hall–Kier alpha value is -1.55. The minimum atomic E-state index is 0.759. The number of hydrogen-bond acceptors (Lipinski definition) is 4. The molecule has 0 unspecified atom stereocenters. The molecule has 0 aliphatic carbocycles. The van der Waals surface area contributed by atoms with E-state index in [2.05, 4.69) is 35.1 Å². The summed E-state index contributed by atoms with van der Waals surface area (Å²) < 4.78 is 5.91. The van der Waals surface area contributed by atoms with Crippen LogP contribution >= 0.6 is 0 Å². The van der Waals surface area contributed by atoms with Crippen LogP contribution in [0.1, 0.15) is 11.1 Å². The number of anilines is 1. The molecule has 2 heterocycles. The van der Waals surface area contributed by atoms with Gasteiger partial charge in [0.2, 0.25) is 0 Å². The van der Waals surface area contributed by atoms with Crippen molar-refractivity contribution in [3.05, 3.63) is 23.3 Å². The lowest BCUT2D eigenvalue weighted by molar-refractivity contribution is 0.517. The summed E-state index contributed by atoms with van der Waals surface area (Å²) in [4.78, 5) is 6.77. The highest BCUT2D eigenvalue weighted by Crippen LogP contribution is 2.26. The van der Waals surface area contributed by atoms with E-state index in [4.69, 9.17) is 4.42 Å². The van der Waals surface area contributed by atoms with Crippen molar-refractivity contribution >= 4 is 17.1 Å². The zero-order valence-corrected chi connectivity index (χ0v) is 10.3. The second kappa shape index (κ2) is 4.04. The third kappa shape index (κ3) is 1.78. The van der Waals surface area contributed by atoms with Crippen LogP contribution in [0.5, 0.6) is 0 Å². The van der Waals surface area contributed by atoms with Crippen LogP contribution in [0.3, 0.4) is 0 Å². The molecule has 4 nitrogen and oxygen atoms in total. The van der Waals surface area contributed by atoms with Gasteiger partial charge in [-0.3, -0.25) is 0 Å². The maximum Gasteiger partial charge on any atom is 0.298 e. The molecule has 0 saturated carbocycles. The first kappa shape index (κ1) is 10.6. The fraction of sp³-hybridized carbons (Fsp3) is 0.462. The first-order chi connectivity index (χ1) is 8.25. The van der Waals surface area contributed by atoms with Crippen LogP contribution in [0.15, 0.2) is 16.5 Å². The summed E-state index contributed by atoms with van der Waals surface area (Å²) in [6.07, 6.45) is 0. The second-order valence-corrected chi connectivity index (χ2v) is 4.59. The van der Waals surface area contributed by atoms with Gasteiger partial charge in [0, 0.05) is 26.2 Å². The summed E-state index contributed by atoms with van der Waals surface area (Å²) in [5.74, 6) is 0. The largest absolute Gasteiger partial charge is 0.423 e. The summed E-state index contributed by atoms with van der Waals surface area (Å²) in [5.41, 5.74) is 4.33. The smallest absolute Gasteiger partial charge is 0.298 e. The van der Waals surface area contributed by atoms with Gasteiger partial charge in [-0.2, -0.15) is 4.98 Å². The van der Waals surface area contributed by atoms with Crippen molar-refractivity contribution in [1.29, 1.82) is 0 Å². The lowest BCUT2D eigenvalue weighted by Crippen LogP contribution is -2.43. The maximum atomic E-state index is 5.91. The van der Waals surface area contributed by atoms with Gasteiger partial charge in [0.05, 0.1) is 0 Å². The number of rotatable bonds is 1. The van der Waals surface area contributed by atoms with E-state index >= 15 is 0 Å². The summed E-state index contributed by atoms with van der Waals surface area (Å²) in [6, 6.07) is 4.89. The summed E-state index contributed by atoms with van der Waals surface area (Å²) in [5, 5.41) is 3.33. The molecule has 1 aliphatic rings. The molecule has 1 aromatic heterocycles. The molecule has 0 bridgehead atoms. The van der Waals surface area contributed by atoms with Crippen LogP contribution < -0.4 is 10.2 Å². The molecule has 4 heteroatoms. The summed E-state index contributed by atoms with van der Waals surface area (Å²) >= 11 is 0. The van der Waals surface area contributed by atoms with E-state index in [-0.39, 0.29) is 0 Å². The van der Waals surface area contributed by atoms with Crippen LogP contribution in [0.25, 0.3) is 11.1 Å². The lowest BCUT2D eigenvalue weighted by Gasteiger charge is -2.25. The number of aryl methyl sites for hydroxylation is 2. The van der Waals surface area contributed by atoms with E-state index in [0.29, 0.717) is 0 Å². The minimum Gasteiger partial charge on any atom is -0.423 e. The van der Waals surface area contributed by atoms with Gasteiger partial charge < -0.3 is 14.6 Å². The molecule has 1 saturated heterocycles. The summed E-state index contributed by atoms with van der Waals surface area (Å²) in [6.45, 7) is 8.11. The zero-order chi connectivity index (χ0) is 11.8. The highest BCUT2D eigenvalue weighted by atomic mass is 16.4. The Morgan fingerprint density at radius 1 is 1.24 bits per heavy atom. The van der Waals surface area contributed by atoms with E-state index in [0.717, 1.165) is 43.3 Å². The highest BCUT2D eigenvalue weighted by molar-refractivity contribution is 5.79. The normalized spacial score (nSPS) is 16.7. The quantitative estimate of drug-likeness (QED) is 0.813. The number of aromatic nitrogens is 1. The van der Waals surface area contributed by atoms with E-state index in [1.165, 1.54) is 11.1 Å². The molecule has 1 N–H and O–H groups in total. The molecule has 2 aromatic rings. The SMILES string of the molecule is Cc1ccc2nc(N3CCNCC3)oc2c1C. The highest BCUT2D eigenvalue weighted by Gasteiger charge is 2.17. The van der Waals surface area contributed by atoms with Crippen molar-refractivity contribution in [2.24, 2.45) is 0 Å². The third-order valence-corrected chi connectivity index (χ3v) is 3.45. The van der Waals surface area contributed by atoms with Gasteiger partial charge in [-0.05, 0) is 31.0 Å². The number of benzene rings is 1. The average molecular weight is 231 g/mol. The summed E-state index contributed by atoms with van der Waals surface area (Å²) in [7, 11) is 0. The van der Waals surface area contributed by atoms with Gasteiger partial charge >= 0.3 is 0 Å². The van der Waals surface area contributed by atoms with Crippen molar-refractivity contribution in [2.45, 2.75) is 13.8 Å². The monoisotopic (exact) mass is 231 g/mol. The molecule has 3 rings (SSSR count). The van der Waals surface area contributed by atoms with Crippen molar-refractivity contribution in [2.75, 3.05) is 31.1 Å². The molecule has 1 fully saturated rings. The minimum absolute atomic E-state index is 0.759. The van der Waals surface area contributed by atoms with Gasteiger partial charge in [-0.25, -0.2) is 0 Å². The molecule has 0 amide bonds. The van der Waals surface area contributed by atoms with Crippen LogP contribution in [-0.2, 0) is 0 Å². The topological polar surface area (TPSA) is 41.3 Å². The van der Waals surface area contributed by atoms with Gasteiger partial charge in [0.15, 0.2) is 5.58 Å². The lowest BCUT2D eigenvalue weighted by atomic mass is 10.1. The molecule has 17 heavy (non-hydrogen) atoms. The molecule has 0 radical (unpaired) electrons. The Labute approximate surface area is 101 Å². The predicted octanol–water partition coefficient (Wildman–Crippen LogP) is 1.85. The zero-order valence-electron chi connectivity index (χ0n) is 10.3. The fourth-order valence-electron chi connectivity index (χ4n) is 2.20. The average Bonchev–Trinajstić information content (AvgIpc) is 2.80. The molecule has 90 valence electrons. The Morgan fingerprint density at radius 2 is 2.00 bits per heavy atom. The van der Waals surface area contributed by atoms with Gasteiger partial charge in [-0.15, -0.1) is 0 Å². The predicted molar refractivity (Wildman–Crippen MR) is 68.6 cm³/mol. The van der Waals surface area contributed by atoms with Crippen LogP contribution in [0, 0.1) is 13.8 Å². The Kier molecular flexibility index (Phi) is 2.52. The molecule has 1 aromatic carbocycles. The Bertz CT molecular complexity index is 541. The molecule has 0 atom stereocenters. The van der Waals surface area contributed by atoms with Crippen LogP contribution in [-0.4, -0.2) is 31.2 Å². The number of hydrogen-bond donors (Lipinski definition) is 1. The van der Waals surface area contributed by atoms with E-state index in [1.54, 1.807) is 0 Å². The fourth-order valence-corrected chi connectivity index (χ4v) is 2.20. The molecule has 0 spiro atoms. The molecule has 1 aliphatic heterocycles. The number of nitrogens with zero attached hydrogens (tertiary/aromatic N) is 2. The molecular weight excluding hydrogens is 214 g/mol.